The monoisotopic (exact) mass is 220 g/mol. The van der Waals surface area contributed by atoms with Crippen molar-refractivity contribution in [3.05, 3.63) is 35.9 Å². The maximum absolute atomic E-state index is 10.3. The maximum Gasteiger partial charge on any atom is 0.235 e. The number of hydrogen-bond acceptors (Lipinski definition) is 2. The molecule has 0 saturated carbocycles. The van der Waals surface area contributed by atoms with Crippen LogP contribution in [0.5, 0.6) is 0 Å². The molecule has 1 amide bonds. The van der Waals surface area contributed by atoms with Crippen molar-refractivity contribution in [1.29, 1.82) is 0 Å². The second kappa shape index (κ2) is 4.98. The van der Waals surface area contributed by atoms with Crippen LogP contribution in [0, 0.1) is 0 Å². The lowest BCUT2D eigenvalue weighted by atomic mass is 10.2. The third kappa shape index (κ3) is 2.59. The summed E-state index contributed by atoms with van der Waals surface area (Å²) in [5, 5.41) is 0.842. The molecule has 1 heterocycles. The Labute approximate surface area is 93.2 Å². The predicted molar refractivity (Wildman–Crippen MR) is 62.8 cm³/mol. The molecule has 0 atom stereocenters. The Bertz CT molecular complexity index is 364. The number of nitrogens with zero attached hydrogens (tertiary/aromatic N) is 2. The minimum atomic E-state index is 0.617. The molecule has 0 spiro atoms. The van der Waals surface area contributed by atoms with Gasteiger partial charge in [0.2, 0.25) is 6.41 Å². The molecule has 15 heavy (non-hydrogen) atoms. The number of benzene rings is 1. The van der Waals surface area contributed by atoms with Gasteiger partial charge in [-0.05, 0) is 5.56 Å². The van der Waals surface area contributed by atoms with E-state index in [1.54, 1.807) is 11.8 Å². The highest BCUT2D eigenvalue weighted by Gasteiger charge is 2.18. The van der Waals surface area contributed by atoms with E-state index in [1.807, 2.05) is 18.2 Å². The third-order valence-electron chi connectivity index (χ3n) is 2.24. The Balaban J connectivity index is 2.06. The summed E-state index contributed by atoms with van der Waals surface area (Å²) < 4.78 is 0. The summed E-state index contributed by atoms with van der Waals surface area (Å²) in [6.07, 6.45) is 0.617. The number of carbonyl (C=O) groups excluding carboxylic acids is 1. The molecular weight excluding hydrogens is 208 g/mol. The lowest BCUT2D eigenvalue weighted by molar-refractivity contribution is -0.106. The topological polar surface area (TPSA) is 32.7 Å². The van der Waals surface area contributed by atoms with E-state index in [0.717, 1.165) is 24.0 Å². The number of amides is 1. The first-order valence-corrected chi connectivity index (χ1v) is 5.82. The van der Waals surface area contributed by atoms with Gasteiger partial charge in [0.05, 0.1) is 0 Å². The van der Waals surface area contributed by atoms with Crippen LogP contribution in [-0.4, -0.2) is 28.8 Å². The SMILES string of the molecule is O=CN=C1SCCN1Cc1ccccc1. The van der Waals surface area contributed by atoms with E-state index in [-0.39, 0.29) is 0 Å². The predicted octanol–water partition coefficient (Wildman–Crippen LogP) is 1.75. The summed E-state index contributed by atoms with van der Waals surface area (Å²) in [4.78, 5) is 16.3. The summed E-state index contributed by atoms with van der Waals surface area (Å²) in [6, 6.07) is 10.2. The van der Waals surface area contributed by atoms with Crippen LogP contribution in [0.1, 0.15) is 5.56 Å². The molecule has 1 aromatic carbocycles. The number of amidine groups is 1. The molecule has 1 aliphatic heterocycles. The van der Waals surface area contributed by atoms with Crippen LogP contribution < -0.4 is 0 Å². The lowest BCUT2D eigenvalue weighted by Gasteiger charge is -2.16. The van der Waals surface area contributed by atoms with E-state index < -0.39 is 0 Å². The van der Waals surface area contributed by atoms with E-state index >= 15 is 0 Å². The van der Waals surface area contributed by atoms with Crippen LogP contribution in [0.25, 0.3) is 0 Å². The lowest BCUT2D eigenvalue weighted by Crippen LogP contribution is -2.23. The van der Waals surface area contributed by atoms with Crippen molar-refractivity contribution in [1.82, 2.24) is 4.90 Å². The van der Waals surface area contributed by atoms with Crippen molar-refractivity contribution < 1.29 is 4.79 Å². The molecule has 2 rings (SSSR count). The number of thioether (sulfide) groups is 1. The summed E-state index contributed by atoms with van der Waals surface area (Å²) in [5.74, 6) is 1.01. The van der Waals surface area contributed by atoms with Crippen LogP contribution >= 0.6 is 11.8 Å². The zero-order valence-corrected chi connectivity index (χ0v) is 9.11. The van der Waals surface area contributed by atoms with Crippen molar-refractivity contribution in [2.45, 2.75) is 6.54 Å². The second-order valence-corrected chi connectivity index (χ2v) is 4.33. The quantitative estimate of drug-likeness (QED) is 0.727. The van der Waals surface area contributed by atoms with Gasteiger partial charge < -0.3 is 4.90 Å². The molecule has 1 fully saturated rings. The number of hydrogen-bond donors (Lipinski definition) is 0. The summed E-state index contributed by atoms with van der Waals surface area (Å²) >= 11 is 1.64. The van der Waals surface area contributed by atoms with Gasteiger partial charge in [-0.15, -0.1) is 0 Å². The van der Waals surface area contributed by atoms with Gasteiger partial charge in [-0.2, -0.15) is 4.99 Å². The molecule has 0 unspecified atom stereocenters. The standard InChI is InChI=1S/C11H12N2OS/c14-9-12-11-13(6-7-15-11)8-10-4-2-1-3-5-10/h1-5,9H,6-8H2. The van der Waals surface area contributed by atoms with Gasteiger partial charge >= 0.3 is 0 Å². The minimum Gasteiger partial charge on any atom is -0.346 e. The van der Waals surface area contributed by atoms with Crippen LogP contribution in [0.3, 0.4) is 0 Å². The normalized spacial score (nSPS) is 18.4. The molecule has 1 aromatic rings. The molecule has 0 aliphatic carbocycles. The fourth-order valence-corrected chi connectivity index (χ4v) is 2.50. The summed E-state index contributed by atoms with van der Waals surface area (Å²) in [7, 11) is 0. The van der Waals surface area contributed by atoms with Crippen LogP contribution in [0.15, 0.2) is 35.3 Å². The Hall–Kier alpha value is -1.29. The highest BCUT2D eigenvalue weighted by molar-refractivity contribution is 8.14. The number of aliphatic imine (C=N–C) groups is 1. The molecule has 1 saturated heterocycles. The molecule has 78 valence electrons. The van der Waals surface area contributed by atoms with E-state index in [1.165, 1.54) is 5.56 Å². The molecular formula is C11H12N2OS. The Morgan fingerprint density at radius 2 is 2.20 bits per heavy atom. The highest BCUT2D eigenvalue weighted by Crippen LogP contribution is 2.19. The van der Waals surface area contributed by atoms with E-state index in [9.17, 15) is 4.79 Å². The van der Waals surface area contributed by atoms with E-state index in [0.29, 0.717) is 6.41 Å². The molecule has 3 nitrogen and oxygen atoms in total. The summed E-state index contributed by atoms with van der Waals surface area (Å²) in [6.45, 7) is 1.80. The molecule has 1 aliphatic rings. The van der Waals surface area contributed by atoms with Gasteiger partial charge in [-0.3, -0.25) is 4.79 Å². The average molecular weight is 220 g/mol. The first-order valence-electron chi connectivity index (χ1n) is 4.83. The number of rotatable bonds is 3. The van der Waals surface area contributed by atoms with Crippen molar-refractivity contribution in [3.63, 3.8) is 0 Å². The molecule has 4 heteroatoms. The van der Waals surface area contributed by atoms with Crippen LogP contribution in [0.2, 0.25) is 0 Å². The van der Waals surface area contributed by atoms with Gasteiger partial charge in [-0.25, -0.2) is 0 Å². The van der Waals surface area contributed by atoms with Crippen LogP contribution in [-0.2, 0) is 11.3 Å². The van der Waals surface area contributed by atoms with Crippen molar-refractivity contribution in [2.24, 2.45) is 4.99 Å². The highest BCUT2D eigenvalue weighted by atomic mass is 32.2. The number of carbonyl (C=O) groups is 1. The zero-order chi connectivity index (χ0) is 10.5. The van der Waals surface area contributed by atoms with Crippen LogP contribution in [0.4, 0.5) is 0 Å². The summed E-state index contributed by atoms with van der Waals surface area (Å²) in [5.41, 5.74) is 1.25. The maximum atomic E-state index is 10.3. The first-order chi connectivity index (χ1) is 7.40. The first kappa shape index (κ1) is 10.2. The third-order valence-corrected chi connectivity index (χ3v) is 3.25. The van der Waals surface area contributed by atoms with Gasteiger partial charge in [0.25, 0.3) is 0 Å². The average Bonchev–Trinajstić information content (AvgIpc) is 2.68. The zero-order valence-electron chi connectivity index (χ0n) is 8.30. The smallest absolute Gasteiger partial charge is 0.235 e. The van der Waals surface area contributed by atoms with Gasteiger partial charge in [0.1, 0.15) is 0 Å². The second-order valence-electron chi connectivity index (χ2n) is 3.27. The Morgan fingerprint density at radius 3 is 2.93 bits per heavy atom. The minimum absolute atomic E-state index is 0.617. The molecule has 0 N–H and O–H groups in total. The van der Waals surface area contributed by atoms with E-state index in [2.05, 4.69) is 22.0 Å². The fourth-order valence-electron chi connectivity index (χ4n) is 1.55. The Morgan fingerprint density at radius 1 is 1.40 bits per heavy atom. The molecule has 0 radical (unpaired) electrons. The van der Waals surface area contributed by atoms with Gasteiger partial charge in [0.15, 0.2) is 5.17 Å². The van der Waals surface area contributed by atoms with Crippen molar-refractivity contribution in [2.75, 3.05) is 12.3 Å². The molecule has 0 aromatic heterocycles. The van der Waals surface area contributed by atoms with Gasteiger partial charge in [-0.1, -0.05) is 42.1 Å². The molecule has 0 bridgehead atoms. The largest absolute Gasteiger partial charge is 0.346 e. The fraction of sp³-hybridized carbons (Fsp3) is 0.273. The van der Waals surface area contributed by atoms with E-state index in [4.69, 9.17) is 0 Å². The van der Waals surface area contributed by atoms with Crippen molar-refractivity contribution in [3.8, 4) is 0 Å². The van der Waals surface area contributed by atoms with Crippen molar-refractivity contribution >= 4 is 23.3 Å². The Kier molecular flexibility index (Phi) is 3.40. The van der Waals surface area contributed by atoms with Gasteiger partial charge in [0, 0.05) is 18.8 Å².